The zero-order chi connectivity index (χ0) is 17.7. The highest BCUT2D eigenvalue weighted by Crippen LogP contribution is 2.27. The van der Waals surface area contributed by atoms with E-state index >= 15 is 0 Å². The summed E-state index contributed by atoms with van der Waals surface area (Å²) in [5, 5.41) is 0. The number of hydrogen-bond donors (Lipinski definition) is 0. The summed E-state index contributed by atoms with van der Waals surface area (Å²) in [5.41, 5.74) is 1.53. The van der Waals surface area contributed by atoms with Crippen LogP contribution in [-0.2, 0) is 16.0 Å². The highest BCUT2D eigenvalue weighted by molar-refractivity contribution is 5.78. The van der Waals surface area contributed by atoms with Crippen LogP contribution < -0.4 is 4.74 Å². The Morgan fingerprint density at radius 1 is 1.24 bits per heavy atom. The zero-order valence-electron chi connectivity index (χ0n) is 14.8. The van der Waals surface area contributed by atoms with Crippen molar-refractivity contribution in [1.82, 2.24) is 9.88 Å². The summed E-state index contributed by atoms with van der Waals surface area (Å²) in [6, 6.07) is 13.6. The molecule has 3 rings (SSSR count). The van der Waals surface area contributed by atoms with E-state index in [1.54, 1.807) is 13.3 Å². The highest BCUT2D eigenvalue weighted by Gasteiger charge is 2.41. The molecule has 1 fully saturated rings. The number of pyridine rings is 1. The summed E-state index contributed by atoms with van der Waals surface area (Å²) >= 11 is 0. The first-order valence-corrected chi connectivity index (χ1v) is 8.52. The van der Waals surface area contributed by atoms with Crippen LogP contribution in [0.25, 0.3) is 0 Å². The monoisotopic (exact) mass is 340 g/mol. The molecule has 25 heavy (non-hydrogen) atoms. The number of hydrogen-bond acceptors (Lipinski definition) is 4. The number of ether oxygens (including phenoxy) is 2. The summed E-state index contributed by atoms with van der Waals surface area (Å²) in [4.78, 5) is 18.6. The Morgan fingerprint density at radius 2 is 2.04 bits per heavy atom. The van der Waals surface area contributed by atoms with Crippen molar-refractivity contribution in [2.24, 2.45) is 0 Å². The van der Waals surface area contributed by atoms with E-state index in [1.165, 1.54) is 5.56 Å². The van der Waals surface area contributed by atoms with Crippen molar-refractivity contribution in [2.45, 2.75) is 25.4 Å². The Kier molecular flexibility index (Phi) is 5.34. The van der Waals surface area contributed by atoms with Crippen LogP contribution in [0.4, 0.5) is 0 Å². The molecule has 1 atom stereocenters. The van der Waals surface area contributed by atoms with Gasteiger partial charge in [-0.2, -0.15) is 0 Å². The third-order valence-corrected chi connectivity index (χ3v) is 4.68. The maximum absolute atomic E-state index is 12.5. The van der Waals surface area contributed by atoms with Gasteiger partial charge >= 0.3 is 0 Å². The van der Waals surface area contributed by atoms with E-state index in [9.17, 15) is 4.79 Å². The fraction of sp³-hybridized carbons (Fsp3) is 0.400. The maximum atomic E-state index is 12.5. The standard InChI is InChI=1S/C20H24N2O3/c1-16-6-8-18(9-7-16)25-15-20(24-2)10-12-22(14-20)19(23)13-17-5-3-4-11-21-17/h3-9,11H,10,12-15H2,1-2H3. The molecular formula is C20H24N2O3. The molecule has 1 aliphatic rings. The lowest BCUT2D eigenvalue weighted by atomic mass is 10.0. The smallest absolute Gasteiger partial charge is 0.228 e. The number of carbonyl (C=O) groups excluding carboxylic acids is 1. The molecule has 0 spiro atoms. The minimum atomic E-state index is -0.454. The first kappa shape index (κ1) is 17.4. The van der Waals surface area contributed by atoms with Crippen molar-refractivity contribution in [3.63, 3.8) is 0 Å². The average Bonchev–Trinajstić information content (AvgIpc) is 3.07. The van der Waals surface area contributed by atoms with Gasteiger partial charge < -0.3 is 14.4 Å². The summed E-state index contributed by atoms with van der Waals surface area (Å²) in [7, 11) is 1.69. The largest absolute Gasteiger partial charge is 0.491 e. The molecule has 1 unspecified atom stereocenters. The van der Waals surface area contributed by atoms with Crippen molar-refractivity contribution in [1.29, 1.82) is 0 Å². The highest BCUT2D eigenvalue weighted by atomic mass is 16.5. The van der Waals surface area contributed by atoms with Gasteiger partial charge in [0.25, 0.3) is 0 Å². The van der Waals surface area contributed by atoms with E-state index in [0.717, 1.165) is 17.9 Å². The third-order valence-electron chi connectivity index (χ3n) is 4.68. The molecule has 1 aromatic carbocycles. The molecule has 1 amide bonds. The van der Waals surface area contributed by atoms with Crippen LogP contribution in [0.3, 0.4) is 0 Å². The average molecular weight is 340 g/mol. The Labute approximate surface area is 148 Å². The SMILES string of the molecule is COC1(COc2ccc(C)cc2)CCN(C(=O)Cc2ccccn2)C1. The minimum Gasteiger partial charge on any atom is -0.491 e. The fourth-order valence-corrected chi connectivity index (χ4v) is 3.02. The van der Waals surface area contributed by atoms with E-state index in [1.807, 2.05) is 54.3 Å². The molecule has 2 aromatic rings. The number of likely N-dealkylation sites (tertiary alicyclic amines) is 1. The predicted octanol–water partition coefficient (Wildman–Crippen LogP) is 2.63. The van der Waals surface area contributed by atoms with E-state index in [2.05, 4.69) is 4.98 Å². The molecule has 5 nitrogen and oxygen atoms in total. The third kappa shape index (κ3) is 4.37. The molecule has 0 bridgehead atoms. The number of methoxy groups -OCH3 is 1. The van der Waals surface area contributed by atoms with Gasteiger partial charge in [-0.25, -0.2) is 0 Å². The lowest BCUT2D eigenvalue weighted by molar-refractivity contribution is -0.131. The van der Waals surface area contributed by atoms with Gasteiger partial charge in [0.05, 0.1) is 13.0 Å². The first-order valence-electron chi connectivity index (χ1n) is 8.52. The van der Waals surface area contributed by atoms with Gasteiger partial charge in [0, 0.05) is 25.5 Å². The van der Waals surface area contributed by atoms with Crippen LogP contribution in [-0.4, -0.2) is 48.2 Å². The van der Waals surface area contributed by atoms with Crippen molar-refractivity contribution >= 4 is 5.91 Å². The minimum absolute atomic E-state index is 0.0768. The van der Waals surface area contributed by atoms with Gasteiger partial charge in [0.2, 0.25) is 5.91 Å². The Hall–Kier alpha value is -2.40. The maximum Gasteiger partial charge on any atom is 0.228 e. The van der Waals surface area contributed by atoms with Crippen LogP contribution in [0.1, 0.15) is 17.7 Å². The molecule has 1 aromatic heterocycles. The summed E-state index contributed by atoms with van der Waals surface area (Å²) in [6.07, 6.45) is 2.80. The molecule has 0 radical (unpaired) electrons. The van der Waals surface area contributed by atoms with Gasteiger partial charge in [-0.3, -0.25) is 9.78 Å². The quantitative estimate of drug-likeness (QED) is 0.811. The lowest BCUT2D eigenvalue weighted by Gasteiger charge is -2.28. The van der Waals surface area contributed by atoms with Crippen molar-refractivity contribution in [3.05, 3.63) is 59.9 Å². The van der Waals surface area contributed by atoms with Crippen molar-refractivity contribution < 1.29 is 14.3 Å². The second-order valence-corrected chi connectivity index (χ2v) is 6.55. The first-order chi connectivity index (χ1) is 12.1. The second kappa shape index (κ2) is 7.66. The molecule has 2 heterocycles. The van der Waals surface area contributed by atoms with Crippen LogP contribution >= 0.6 is 0 Å². The molecule has 0 N–H and O–H groups in total. The molecule has 0 aliphatic carbocycles. The number of aryl methyl sites for hydroxylation is 1. The van der Waals surface area contributed by atoms with E-state index in [4.69, 9.17) is 9.47 Å². The van der Waals surface area contributed by atoms with E-state index < -0.39 is 5.60 Å². The molecule has 0 saturated carbocycles. The lowest BCUT2D eigenvalue weighted by Crippen LogP contribution is -2.42. The molecule has 1 saturated heterocycles. The van der Waals surface area contributed by atoms with Crippen LogP contribution in [0.15, 0.2) is 48.7 Å². The number of rotatable bonds is 6. The van der Waals surface area contributed by atoms with Crippen LogP contribution in [0, 0.1) is 6.92 Å². The van der Waals surface area contributed by atoms with E-state index in [-0.39, 0.29) is 5.91 Å². The topological polar surface area (TPSA) is 51.7 Å². The van der Waals surface area contributed by atoms with Gasteiger partial charge in [-0.15, -0.1) is 0 Å². The molecule has 1 aliphatic heterocycles. The van der Waals surface area contributed by atoms with Crippen molar-refractivity contribution in [2.75, 3.05) is 26.8 Å². The van der Waals surface area contributed by atoms with Crippen LogP contribution in [0.5, 0.6) is 5.75 Å². The van der Waals surface area contributed by atoms with Gasteiger partial charge in [-0.1, -0.05) is 23.8 Å². The normalized spacial score (nSPS) is 19.8. The number of carbonyl (C=O) groups is 1. The van der Waals surface area contributed by atoms with Crippen molar-refractivity contribution in [3.8, 4) is 5.75 Å². The van der Waals surface area contributed by atoms with Gasteiger partial charge in [-0.05, 0) is 37.6 Å². The Balaban J connectivity index is 1.58. The Bertz CT molecular complexity index is 703. The number of benzene rings is 1. The molecule has 5 heteroatoms. The number of nitrogens with zero attached hydrogens (tertiary/aromatic N) is 2. The zero-order valence-corrected chi connectivity index (χ0v) is 14.8. The van der Waals surface area contributed by atoms with Gasteiger partial charge in [0.1, 0.15) is 18.0 Å². The van der Waals surface area contributed by atoms with Crippen LogP contribution in [0.2, 0.25) is 0 Å². The number of aromatic nitrogens is 1. The summed E-state index contributed by atoms with van der Waals surface area (Å²) < 4.78 is 11.7. The molecular weight excluding hydrogens is 316 g/mol. The second-order valence-electron chi connectivity index (χ2n) is 6.55. The molecule has 132 valence electrons. The predicted molar refractivity (Wildman–Crippen MR) is 95.6 cm³/mol. The fourth-order valence-electron chi connectivity index (χ4n) is 3.02. The number of amides is 1. The summed E-state index contributed by atoms with van der Waals surface area (Å²) in [6.45, 7) is 3.69. The Morgan fingerprint density at radius 3 is 2.72 bits per heavy atom. The van der Waals surface area contributed by atoms with E-state index in [0.29, 0.717) is 26.1 Å². The summed E-state index contributed by atoms with van der Waals surface area (Å²) in [5.74, 6) is 0.897. The van der Waals surface area contributed by atoms with Gasteiger partial charge in [0.15, 0.2) is 0 Å².